The highest BCUT2D eigenvalue weighted by atomic mass is 16.4. The highest BCUT2D eigenvalue weighted by Crippen LogP contribution is 2.02. The maximum atomic E-state index is 11.0. The summed E-state index contributed by atoms with van der Waals surface area (Å²) in [5, 5.41) is 0. The molecule has 1 aromatic rings. The summed E-state index contributed by atoms with van der Waals surface area (Å²) in [6.45, 7) is 5.72. The van der Waals surface area contributed by atoms with E-state index in [0.717, 1.165) is 24.0 Å². The van der Waals surface area contributed by atoms with Crippen molar-refractivity contribution in [1.82, 2.24) is 0 Å². The van der Waals surface area contributed by atoms with Gasteiger partial charge in [0.05, 0.1) is 6.26 Å². The normalized spacial score (nSPS) is 9.75. The Kier molecular flexibility index (Phi) is 2.86. The van der Waals surface area contributed by atoms with E-state index in [1.807, 2.05) is 6.92 Å². The van der Waals surface area contributed by atoms with Gasteiger partial charge < -0.3 is 4.42 Å². The Morgan fingerprint density at radius 1 is 1.67 bits per heavy atom. The summed E-state index contributed by atoms with van der Waals surface area (Å²) in [5.74, 6) is 0. The molecule has 12 heavy (non-hydrogen) atoms. The molecule has 1 aromatic heterocycles. The maximum Gasteiger partial charge on any atom is 0.338 e. The van der Waals surface area contributed by atoms with Crippen LogP contribution in [0.1, 0.15) is 18.9 Å². The molecule has 1 heterocycles. The zero-order chi connectivity index (χ0) is 8.97. The van der Waals surface area contributed by atoms with Crippen LogP contribution in [0.5, 0.6) is 0 Å². The zero-order valence-electron chi connectivity index (χ0n) is 7.17. The van der Waals surface area contributed by atoms with Crippen molar-refractivity contribution in [3.8, 4) is 0 Å². The quantitative estimate of drug-likeness (QED) is 0.641. The van der Waals surface area contributed by atoms with Crippen molar-refractivity contribution in [1.29, 1.82) is 0 Å². The fraction of sp³-hybridized carbons (Fsp3) is 0.300. The summed E-state index contributed by atoms with van der Waals surface area (Å²) in [7, 11) is 0. The lowest BCUT2D eigenvalue weighted by atomic mass is 10.1. The molecule has 0 radical (unpaired) electrons. The van der Waals surface area contributed by atoms with Gasteiger partial charge in [-0.05, 0) is 31.9 Å². The molecule has 0 saturated carbocycles. The summed E-state index contributed by atoms with van der Waals surface area (Å²) in [6.07, 6.45) is 2.96. The smallest absolute Gasteiger partial charge is 0.338 e. The summed E-state index contributed by atoms with van der Waals surface area (Å²) < 4.78 is 4.71. The Labute approximate surface area is 71.5 Å². The van der Waals surface area contributed by atoms with Gasteiger partial charge in [0.25, 0.3) is 0 Å². The third-order valence-electron chi connectivity index (χ3n) is 1.63. The Morgan fingerprint density at radius 3 is 3.00 bits per heavy atom. The molecule has 0 unspecified atom stereocenters. The van der Waals surface area contributed by atoms with E-state index in [0.29, 0.717) is 0 Å². The molecule has 0 amide bonds. The summed E-state index contributed by atoms with van der Waals surface area (Å²) in [4.78, 5) is 11.0. The topological polar surface area (TPSA) is 30.2 Å². The van der Waals surface area contributed by atoms with Crippen molar-refractivity contribution >= 4 is 0 Å². The van der Waals surface area contributed by atoms with Crippen LogP contribution in [0, 0.1) is 0 Å². The lowest BCUT2D eigenvalue weighted by molar-refractivity contribution is 0.501. The van der Waals surface area contributed by atoms with Crippen LogP contribution in [0.3, 0.4) is 0 Å². The molecule has 0 aromatic carbocycles. The summed E-state index contributed by atoms with van der Waals surface area (Å²) in [5.41, 5.74) is 1.57. The number of rotatable bonds is 3. The molecule has 0 aliphatic rings. The lowest BCUT2D eigenvalue weighted by Gasteiger charge is -1.97. The van der Waals surface area contributed by atoms with Crippen molar-refractivity contribution in [3.63, 3.8) is 0 Å². The van der Waals surface area contributed by atoms with Crippen LogP contribution in [0.4, 0.5) is 0 Å². The van der Waals surface area contributed by atoms with Gasteiger partial charge in [-0.2, -0.15) is 0 Å². The second-order valence-electron chi connectivity index (χ2n) is 2.88. The van der Waals surface area contributed by atoms with Crippen LogP contribution in [-0.4, -0.2) is 0 Å². The standard InChI is InChI=1S/C10H12O2/c1-8(2)5-6-9-4-3-7-12-10(9)11/h3-4,7H,1,5-6H2,2H3. The van der Waals surface area contributed by atoms with E-state index in [-0.39, 0.29) is 5.63 Å². The fourth-order valence-electron chi connectivity index (χ4n) is 0.934. The first-order valence-electron chi connectivity index (χ1n) is 3.91. The molecule has 0 saturated heterocycles. The number of allylic oxidation sites excluding steroid dienone is 1. The highest BCUT2D eigenvalue weighted by Gasteiger charge is 1.98. The molecule has 0 aliphatic carbocycles. The molecule has 64 valence electrons. The van der Waals surface area contributed by atoms with Gasteiger partial charge >= 0.3 is 5.63 Å². The van der Waals surface area contributed by atoms with Crippen molar-refractivity contribution < 1.29 is 4.42 Å². The summed E-state index contributed by atoms with van der Waals surface area (Å²) in [6, 6.07) is 3.52. The first-order chi connectivity index (χ1) is 5.70. The highest BCUT2D eigenvalue weighted by molar-refractivity contribution is 5.08. The Hall–Kier alpha value is -1.31. The van der Waals surface area contributed by atoms with Gasteiger partial charge in [-0.1, -0.05) is 5.57 Å². The first-order valence-corrected chi connectivity index (χ1v) is 3.91. The molecule has 0 aliphatic heterocycles. The first kappa shape index (κ1) is 8.78. The summed E-state index contributed by atoms with van der Waals surface area (Å²) >= 11 is 0. The lowest BCUT2D eigenvalue weighted by Crippen LogP contribution is -2.05. The van der Waals surface area contributed by atoms with E-state index < -0.39 is 0 Å². The minimum atomic E-state index is -0.237. The van der Waals surface area contributed by atoms with Gasteiger partial charge in [0.15, 0.2) is 0 Å². The second-order valence-corrected chi connectivity index (χ2v) is 2.88. The van der Waals surface area contributed by atoms with E-state index in [1.165, 1.54) is 6.26 Å². The third kappa shape index (κ3) is 2.38. The van der Waals surface area contributed by atoms with Crippen molar-refractivity contribution in [2.45, 2.75) is 19.8 Å². The molecule has 0 atom stereocenters. The van der Waals surface area contributed by atoms with Gasteiger partial charge in [-0.3, -0.25) is 0 Å². The predicted molar refractivity (Wildman–Crippen MR) is 48.1 cm³/mol. The Bertz CT molecular complexity index is 323. The van der Waals surface area contributed by atoms with E-state index >= 15 is 0 Å². The second kappa shape index (κ2) is 3.90. The Morgan fingerprint density at radius 2 is 2.42 bits per heavy atom. The van der Waals surface area contributed by atoms with E-state index in [2.05, 4.69) is 6.58 Å². The SMILES string of the molecule is C=C(C)CCc1cccoc1=O. The van der Waals surface area contributed by atoms with Crippen molar-refractivity contribution in [3.05, 3.63) is 46.5 Å². The monoisotopic (exact) mass is 164 g/mol. The molecule has 0 N–H and O–H groups in total. The average molecular weight is 164 g/mol. The third-order valence-corrected chi connectivity index (χ3v) is 1.63. The van der Waals surface area contributed by atoms with Crippen LogP contribution in [0.25, 0.3) is 0 Å². The van der Waals surface area contributed by atoms with Crippen LogP contribution in [0.2, 0.25) is 0 Å². The molecule has 0 spiro atoms. The number of hydrogen-bond donors (Lipinski definition) is 0. The molecular formula is C10H12O2. The zero-order valence-corrected chi connectivity index (χ0v) is 7.17. The minimum absolute atomic E-state index is 0.237. The molecule has 0 bridgehead atoms. The van der Waals surface area contributed by atoms with Gasteiger partial charge in [-0.15, -0.1) is 6.58 Å². The van der Waals surface area contributed by atoms with Crippen LogP contribution >= 0.6 is 0 Å². The maximum absolute atomic E-state index is 11.0. The van der Waals surface area contributed by atoms with Crippen molar-refractivity contribution in [2.24, 2.45) is 0 Å². The fourth-order valence-corrected chi connectivity index (χ4v) is 0.934. The number of hydrogen-bond acceptors (Lipinski definition) is 2. The number of aryl methyl sites for hydroxylation is 1. The van der Waals surface area contributed by atoms with Crippen LogP contribution in [0.15, 0.2) is 39.8 Å². The van der Waals surface area contributed by atoms with Crippen molar-refractivity contribution in [2.75, 3.05) is 0 Å². The molecule has 2 nitrogen and oxygen atoms in total. The molecule has 1 rings (SSSR count). The Balaban J connectivity index is 2.70. The van der Waals surface area contributed by atoms with Gasteiger partial charge in [-0.25, -0.2) is 4.79 Å². The van der Waals surface area contributed by atoms with Crippen LogP contribution in [-0.2, 0) is 6.42 Å². The van der Waals surface area contributed by atoms with Gasteiger partial charge in [0, 0.05) is 5.56 Å². The average Bonchev–Trinajstić information content (AvgIpc) is 2.03. The molecule has 0 fully saturated rings. The van der Waals surface area contributed by atoms with E-state index in [4.69, 9.17) is 4.42 Å². The predicted octanol–water partition coefficient (Wildman–Crippen LogP) is 2.15. The van der Waals surface area contributed by atoms with Crippen LogP contribution < -0.4 is 5.63 Å². The molecular weight excluding hydrogens is 152 g/mol. The van der Waals surface area contributed by atoms with E-state index in [9.17, 15) is 4.79 Å². The van der Waals surface area contributed by atoms with E-state index in [1.54, 1.807) is 12.1 Å². The molecule has 2 heteroatoms. The minimum Gasteiger partial charge on any atom is -0.431 e. The largest absolute Gasteiger partial charge is 0.431 e. The van der Waals surface area contributed by atoms with Gasteiger partial charge in [0.2, 0.25) is 0 Å². The van der Waals surface area contributed by atoms with Gasteiger partial charge in [0.1, 0.15) is 0 Å².